The Kier molecular flexibility index (Phi) is 4.01. The van der Waals surface area contributed by atoms with E-state index in [1.54, 1.807) is 0 Å². The van der Waals surface area contributed by atoms with Gasteiger partial charge in [-0.15, -0.1) is 10.2 Å². The topological polar surface area (TPSA) is 95.7 Å². The molecule has 0 fully saturated rings. The summed E-state index contributed by atoms with van der Waals surface area (Å²) in [6, 6.07) is 0. The minimum absolute atomic E-state index is 0.125. The molecule has 0 atom stereocenters. The van der Waals surface area contributed by atoms with Crippen molar-refractivity contribution in [2.45, 2.75) is 63.3 Å². The van der Waals surface area contributed by atoms with Crippen molar-refractivity contribution in [1.82, 2.24) is 25.0 Å². The summed E-state index contributed by atoms with van der Waals surface area (Å²) >= 11 is 1.43. The highest BCUT2D eigenvalue weighted by atomic mass is 32.2. The van der Waals surface area contributed by atoms with E-state index in [-0.39, 0.29) is 10.8 Å². The van der Waals surface area contributed by atoms with Crippen LogP contribution in [0.1, 0.15) is 59.1 Å². The van der Waals surface area contributed by atoms with E-state index in [9.17, 15) is 0 Å². The minimum Gasteiger partial charge on any atom is -0.338 e. The van der Waals surface area contributed by atoms with Gasteiger partial charge in [0.2, 0.25) is 11.0 Å². The van der Waals surface area contributed by atoms with Crippen molar-refractivity contribution in [3.8, 4) is 0 Å². The van der Waals surface area contributed by atoms with Crippen LogP contribution in [0.4, 0.5) is 0 Å². The first kappa shape index (κ1) is 15.8. The number of aromatic nitrogens is 5. The van der Waals surface area contributed by atoms with E-state index in [2.05, 4.69) is 20.3 Å². The molecule has 21 heavy (non-hydrogen) atoms. The van der Waals surface area contributed by atoms with E-state index < -0.39 is 0 Å². The number of nitrogens with two attached hydrogens (primary N) is 1. The zero-order chi connectivity index (χ0) is 15.8. The maximum atomic E-state index is 6.03. The summed E-state index contributed by atoms with van der Waals surface area (Å²) < 4.78 is 6.77. The van der Waals surface area contributed by atoms with Gasteiger partial charge in [0.05, 0.1) is 5.75 Å². The molecule has 0 bridgehead atoms. The molecule has 0 aliphatic heterocycles. The van der Waals surface area contributed by atoms with Gasteiger partial charge >= 0.3 is 0 Å². The summed E-state index contributed by atoms with van der Waals surface area (Å²) in [6.07, 6.45) is 0. The number of thioether (sulfide) groups is 1. The van der Waals surface area contributed by atoms with Gasteiger partial charge in [-0.3, -0.25) is 0 Å². The molecule has 2 aromatic heterocycles. The Morgan fingerprint density at radius 2 is 1.76 bits per heavy atom. The van der Waals surface area contributed by atoms with Crippen molar-refractivity contribution in [3.05, 3.63) is 17.5 Å². The van der Waals surface area contributed by atoms with Gasteiger partial charge in [-0.1, -0.05) is 58.5 Å². The predicted molar refractivity (Wildman–Crippen MR) is 81.4 cm³/mol. The third-order valence-electron chi connectivity index (χ3n) is 2.80. The van der Waals surface area contributed by atoms with Crippen LogP contribution < -0.4 is 5.84 Å². The minimum atomic E-state index is -0.148. The number of hydrogen-bond acceptors (Lipinski definition) is 7. The van der Waals surface area contributed by atoms with Gasteiger partial charge in [-0.2, -0.15) is 4.98 Å². The lowest BCUT2D eigenvalue weighted by Crippen LogP contribution is -2.24. The van der Waals surface area contributed by atoms with Gasteiger partial charge in [0.1, 0.15) is 0 Å². The smallest absolute Gasteiger partial charge is 0.237 e. The zero-order valence-corrected chi connectivity index (χ0v) is 14.2. The summed E-state index contributed by atoms with van der Waals surface area (Å²) in [4.78, 5) is 4.38. The van der Waals surface area contributed by atoms with Gasteiger partial charge < -0.3 is 10.4 Å². The van der Waals surface area contributed by atoms with E-state index >= 15 is 0 Å². The fraction of sp³-hybridized carbons (Fsp3) is 0.692. The Morgan fingerprint density at radius 1 is 1.10 bits per heavy atom. The van der Waals surface area contributed by atoms with Crippen LogP contribution >= 0.6 is 11.8 Å². The normalized spacial score (nSPS) is 12.9. The van der Waals surface area contributed by atoms with Crippen LogP contribution in [0.5, 0.6) is 0 Å². The Morgan fingerprint density at radius 3 is 2.24 bits per heavy atom. The van der Waals surface area contributed by atoms with E-state index in [4.69, 9.17) is 10.4 Å². The average molecular weight is 310 g/mol. The van der Waals surface area contributed by atoms with Crippen molar-refractivity contribution in [2.75, 3.05) is 5.84 Å². The molecular formula is C13H22N6OS. The van der Waals surface area contributed by atoms with Gasteiger partial charge in [-0.25, -0.2) is 4.68 Å². The first-order valence-corrected chi connectivity index (χ1v) is 7.74. The fourth-order valence-corrected chi connectivity index (χ4v) is 2.33. The number of hydrogen-bond donors (Lipinski definition) is 1. The van der Waals surface area contributed by atoms with Crippen LogP contribution in [0, 0.1) is 0 Å². The second-order valence-electron chi connectivity index (χ2n) is 6.98. The molecule has 2 N–H and O–H groups in total. The molecule has 7 nitrogen and oxygen atoms in total. The molecule has 0 aliphatic carbocycles. The Balaban J connectivity index is 2.07. The molecule has 2 rings (SSSR count). The Bertz CT molecular complexity index is 619. The summed E-state index contributed by atoms with van der Waals surface area (Å²) in [5.41, 5.74) is -0.274. The molecule has 0 aromatic carbocycles. The Labute approximate surface area is 128 Å². The number of nitrogen functional groups attached to an aromatic ring is 1. The van der Waals surface area contributed by atoms with Crippen LogP contribution in [0.2, 0.25) is 0 Å². The molecule has 0 amide bonds. The van der Waals surface area contributed by atoms with E-state index in [0.29, 0.717) is 22.6 Å². The lowest BCUT2D eigenvalue weighted by molar-refractivity contribution is 0.372. The van der Waals surface area contributed by atoms with Crippen molar-refractivity contribution in [1.29, 1.82) is 0 Å². The Hall–Kier alpha value is -1.57. The fourth-order valence-electron chi connectivity index (χ4n) is 1.63. The van der Waals surface area contributed by atoms with Crippen molar-refractivity contribution < 1.29 is 4.52 Å². The number of nitrogens with zero attached hydrogens (tertiary/aromatic N) is 5. The van der Waals surface area contributed by atoms with Gasteiger partial charge in [0, 0.05) is 10.8 Å². The maximum Gasteiger partial charge on any atom is 0.237 e. The largest absolute Gasteiger partial charge is 0.338 e. The van der Waals surface area contributed by atoms with Gasteiger partial charge in [-0.05, 0) is 0 Å². The lowest BCUT2D eigenvalue weighted by atomic mass is 9.96. The van der Waals surface area contributed by atoms with Crippen LogP contribution in [0.25, 0.3) is 0 Å². The lowest BCUT2D eigenvalue weighted by Gasteiger charge is -2.16. The van der Waals surface area contributed by atoms with Crippen LogP contribution in [-0.4, -0.2) is 25.0 Å². The van der Waals surface area contributed by atoms with Crippen molar-refractivity contribution in [3.63, 3.8) is 0 Å². The second-order valence-corrected chi connectivity index (χ2v) is 7.92. The highest BCUT2D eigenvalue weighted by Crippen LogP contribution is 2.26. The molecule has 0 aliphatic rings. The molecule has 116 valence electrons. The molecule has 0 saturated carbocycles. The van der Waals surface area contributed by atoms with Crippen LogP contribution in [0.15, 0.2) is 9.68 Å². The van der Waals surface area contributed by atoms with Crippen LogP contribution in [-0.2, 0) is 16.6 Å². The van der Waals surface area contributed by atoms with Gasteiger partial charge in [0.15, 0.2) is 11.6 Å². The van der Waals surface area contributed by atoms with E-state index in [0.717, 1.165) is 5.82 Å². The van der Waals surface area contributed by atoms with E-state index in [1.165, 1.54) is 16.4 Å². The first-order valence-electron chi connectivity index (χ1n) is 6.76. The maximum absolute atomic E-state index is 6.03. The summed E-state index contributed by atoms with van der Waals surface area (Å²) in [6.45, 7) is 12.3. The third-order valence-corrected chi connectivity index (χ3v) is 3.73. The molecule has 2 aromatic rings. The highest BCUT2D eigenvalue weighted by Gasteiger charge is 2.24. The average Bonchev–Trinajstić information content (AvgIpc) is 2.91. The third kappa shape index (κ3) is 3.55. The summed E-state index contributed by atoms with van der Waals surface area (Å²) in [5, 5.41) is 12.9. The molecule has 0 saturated heterocycles. The molecule has 0 spiro atoms. The van der Waals surface area contributed by atoms with Crippen molar-refractivity contribution in [2.24, 2.45) is 0 Å². The molecule has 0 radical (unpaired) electrons. The monoisotopic (exact) mass is 310 g/mol. The first-order chi connectivity index (χ1) is 9.59. The standard InChI is InChI=1S/C13H22N6OS/c1-12(2,3)9-15-8(20-18-9)7-21-11-17-16-10(19(11)14)13(4,5)6/h7,14H2,1-6H3. The van der Waals surface area contributed by atoms with Gasteiger partial charge in [0.25, 0.3) is 0 Å². The molecule has 8 heteroatoms. The highest BCUT2D eigenvalue weighted by molar-refractivity contribution is 7.98. The summed E-state index contributed by atoms with van der Waals surface area (Å²) in [7, 11) is 0. The summed E-state index contributed by atoms with van der Waals surface area (Å²) in [5.74, 6) is 8.55. The number of rotatable bonds is 3. The van der Waals surface area contributed by atoms with E-state index in [1.807, 2.05) is 41.5 Å². The zero-order valence-electron chi connectivity index (χ0n) is 13.3. The van der Waals surface area contributed by atoms with Crippen LogP contribution in [0.3, 0.4) is 0 Å². The second kappa shape index (κ2) is 5.32. The molecule has 2 heterocycles. The predicted octanol–water partition coefficient (Wildman–Crippen LogP) is 2.26. The molecular weight excluding hydrogens is 288 g/mol. The SMILES string of the molecule is CC(C)(C)c1noc(CSc2nnc(C(C)(C)C)n2N)n1. The quantitative estimate of drug-likeness (QED) is 0.686. The van der Waals surface area contributed by atoms with Crippen molar-refractivity contribution >= 4 is 11.8 Å². The molecule has 0 unspecified atom stereocenters.